The second-order valence-corrected chi connectivity index (χ2v) is 4.69. The normalized spacial score (nSPS) is 27.6. The third-order valence-corrected chi connectivity index (χ3v) is 3.56. The average molecular weight is 230 g/mol. The van der Waals surface area contributed by atoms with Crippen LogP contribution in [-0.2, 0) is 0 Å². The maximum atomic E-state index is 9.10. The minimum atomic E-state index is -0.625. The lowest BCUT2D eigenvalue weighted by molar-refractivity contribution is 0.254. The molecule has 2 N–H and O–H groups in total. The van der Waals surface area contributed by atoms with Crippen LogP contribution in [0.15, 0.2) is 30.3 Å². The molecular formula is C14H18N2O. The van der Waals surface area contributed by atoms with Gasteiger partial charge in [0.2, 0.25) is 0 Å². The summed E-state index contributed by atoms with van der Waals surface area (Å²) in [7, 11) is 0. The summed E-state index contributed by atoms with van der Waals surface area (Å²) in [5, 5.41) is 9.10. The highest BCUT2D eigenvalue weighted by molar-refractivity contribution is 5.21. The van der Waals surface area contributed by atoms with E-state index in [1.807, 2.05) is 30.3 Å². The molecule has 0 bridgehead atoms. The molecule has 0 aromatic heterocycles. The van der Waals surface area contributed by atoms with E-state index in [0.29, 0.717) is 6.61 Å². The molecule has 3 heteroatoms. The molecule has 0 amide bonds. The Hall–Kier alpha value is -1.53. The van der Waals surface area contributed by atoms with Crippen molar-refractivity contribution < 1.29 is 4.74 Å². The lowest BCUT2D eigenvalue weighted by atomic mass is 9.87. The minimum absolute atomic E-state index is 0.274. The van der Waals surface area contributed by atoms with E-state index in [1.54, 1.807) is 0 Å². The molecule has 17 heavy (non-hydrogen) atoms. The van der Waals surface area contributed by atoms with E-state index in [1.165, 1.54) is 0 Å². The summed E-state index contributed by atoms with van der Waals surface area (Å²) >= 11 is 0. The van der Waals surface area contributed by atoms with E-state index in [0.717, 1.165) is 31.4 Å². The molecule has 0 saturated heterocycles. The van der Waals surface area contributed by atoms with Gasteiger partial charge in [-0.2, -0.15) is 5.26 Å². The number of para-hydroxylation sites is 1. The van der Waals surface area contributed by atoms with E-state index < -0.39 is 5.54 Å². The van der Waals surface area contributed by atoms with Crippen LogP contribution >= 0.6 is 0 Å². The van der Waals surface area contributed by atoms with Crippen molar-refractivity contribution in [3.63, 3.8) is 0 Å². The van der Waals surface area contributed by atoms with Gasteiger partial charge in [-0.15, -0.1) is 0 Å². The van der Waals surface area contributed by atoms with Crippen LogP contribution in [0.4, 0.5) is 0 Å². The quantitative estimate of drug-likeness (QED) is 0.864. The van der Waals surface area contributed by atoms with Crippen LogP contribution in [0.25, 0.3) is 0 Å². The molecule has 2 unspecified atom stereocenters. The Balaban J connectivity index is 1.81. The summed E-state index contributed by atoms with van der Waals surface area (Å²) in [6.45, 7) is 0.634. The molecule has 90 valence electrons. The highest BCUT2D eigenvalue weighted by Crippen LogP contribution is 2.35. The second kappa shape index (κ2) is 5.20. The zero-order valence-corrected chi connectivity index (χ0v) is 9.93. The van der Waals surface area contributed by atoms with Crippen LogP contribution in [0.3, 0.4) is 0 Å². The topological polar surface area (TPSA) is 59.0 Å². The number of nitriles is 1. The third-order valence-electron chi connectivity index (χ3n) is 3.56. The van der Waals surface area contributed by atoms with Gasteiger partial charge in [0.15, 0.2) is 0 Å². The van der Waals surface area contributed by atoms with Gasteiger partial charge in [0.05, 0.1) is 12.7 Å². The molecule has 1 fully saturated rings. The van der Waals surface area contributed by atoms with Crippen LogP contribution < -0.4 is 10.5 Å². The van der Waals surface area contributed by atoms with Gasteiger partial charge in [0.25, 0.3) is 0 Å². The van der Waals surface area contributed by atoms with Gasteiger partial charge in [0.1, 0.15) is 11.3 Å². The first-order valence-electron chi connectivity index (χ1n) is 6.12. The van der Waals surface area contributed by atoms with Gasteiger partial charge in [-0.25, -0.2) is 0 Å². The van der Waals surface area contributed by atoms with Crippen LogP contribution in [0, 0.1) is 17.2 Å². The summed E-state index contributed by atoms with van der Waals surface area (Å²) in [6.07, 6.45) is 3.78. The third kappa shape index (κ3) is 2.78. The van der Waals surface area contributed by atoms with Crippen molar-refractivity contribution in [2.45, 2.75) is 31.2 Å². The Morgan fingerprint density at radius 2 is 2.18 bits per heavy atom. The van der Waals surface area contributed by atoms with Gasteiger partial charge in [0, 0.05) is 0 Å². The zero-order chi connectivity index (χ0) is 12.1. The number of hydrogen-bond acceptors (Lipinski definition) is 3. The monoisotopic (exact) mass is 230 g/mol. The summed E-state index contributed by atoms with van der Waals surface area (Å²) in [6, 6.07) is 12.0. The second-order valence-electron chi connectivity index (χ2n) is 4.69. The molecule has 2 rings (SSSR count). The molecule has 1 aliphatic carbocycles. The van der Waals surface area contributed by atoms with Gasteiger partial charge in [-0.05, 0) is 37.3 Å². The number of hydrogen-bond donors (Lipinski definition) is 1. The molecular weight excluding hydrogens is 212 g/mol. The SMILES string of the molecule is N#CC1(N)CCCC1CCOc1ccccc1. The van der Waals surface area contributed by atoms with Crippen molar-refractivity contribution in [2.75, 3.05) is 6.61 Å². The highest BCUT2D eigenvalue weighted by atomic mass is 16.5. The number of nitrogens with zero attached hydrogens (tertiary/aromatic N) is 1. The fraction of sp³-hybridized carbons (Fsp3) is 0.500. The molecule has 0 spiro atoms. The fourth-order valence-electron chi connectivity index (χ4n) is 2.49. The maximum absolute atomic E-state index is 9.10. The van der Waals surface area contributed by atoms with Crippen LogP contribution in [0.5, 0.6) is 5.75 Å². The van der Waals surface area contributed by atoms with Gasteiger partial charge in [-0.1, -0.05) is 24.6 Å². The smallest absolute Gasteiger partial charge is 0.119 e. The summed E-state index contributed by atoms with van der Waals surface area (Å²) in [5.74, 6) is 1.15. The zero-order valence-electron chi connectivity index (χ0n) is 9.93. The molecule has 0 heterocycles. The number of nitrogens with two attached hydrogens (primary N) is 1. The van der Waals surface area contributed by atoms with E-state index in [4.69, 9.17) is 15.7 Å². The molecule has 1 aromatic rings. The highest BCUT2D eigenvalue weighted by Gasteiger charge is 2.39. The molecule has 0 radical (unpaired) electrons. The summed E-state index contributed by atoms with van der Waals surface area (Å²) in [4.78, 5) is 0. The van der Waals surface area contributed by atoms with Crippen LogP contribution in [0.1, 0.15) is 25.7 Å². The minimum Gasteiger partial charge on any atom is -0.494 e. The van der Waals surface area contributed by atoms with Crippen LogP contribution in [-0.4, -0.2) is 12.1 Å². The van der Waals surface area contributed by atoms with Crippen LogP contribution in [0.2, 0.25) is 0 Å². The van der Waals surface area contributed by atoms with Crippen molar-refractivity contribution in [3.8, 4) is 11.8 Å². The van der Waals surface area contributed by atoms with Gasteiger partial charge in [-0.3, -0.25) is 0 Å². The van der Waals surface area contributed by atoms with E-state index >= 15 is 0 Å². The number of benzene rings is 1. The van der Waals surface area contributed by atoms with Crippen molar-refractivity contribution in [2.24, 2.45) is 11.7 Å². The Bertz CT molecular complexity index is 398. The summed E-state index contributed by atoms with van der Waals surface area (Å²) < 4.78 is 5.64. The molecule has 1 aromatic carbocycles. The standard InChI is InChI=1S/C14H18N2O/c15-11-14(16)9-4-5-12(14)8-10-17-13-6-2-1-3-7-13/h1-3,6-7,12H,4-5,8-10,16H2. The molecule has 0 aliphatic heterocycles. The Kier molecular flexibility index (Phi) is 3.65. The predicted octanol–water partition coefficient (Wildman–Crippen LogP) is 2.48. The van der Waals surface area contributed by atoms with Crippen molar-refractivity contribution in [1.29, 1.82) is 5.26 Å². The maximum Gasteiger partial charge on any atom is 0.119 e. The fourth-order valence-corrected chi connectivity index (χ4v) is 2.49. The number of ether oxygens (including phenoxy) is 1. The van der Waals surface area contributed by atoms with Gasteiger partial charge >= 0.3 is 0 Å². The van der Waals surface area contributed by atoms with Crippen molar-refractivity contribution in [1.82, 2.24) is 0 Å². The van der Waals surface area contributed by atoms with E-state index in [9.17, 15) is 0 Å². The Morgan fingerprint density at radius 3 is 2.88 bits per heavy atom. The molecule has 2 atom stereocenters. The van der Waals surface area contributed by atoms with Crippen molar-refractivity contribution in [3.05, 3.63) is 30.3 Å². The lowest BCUT2D eigenvalue weighted by Crippen LogP contribution is -2.42. The molecule has 1 saturated carbocycles. The molecule has 1 aliphatic rings. The Labute approximate surface area is 102 Å². The van der Waals surface area contributed by atoms with Gasteiger partial charge < -0.3 is 10.5 Å². The first-order chi connectivity index (χ1) is 8.24. The van der Waals surface area contributed by atoms with E-state index in [2.05, 4.69) is 6.07 Å². The molecule has 3 nitrogen and oxygen atoms in total. The lowest BCUT2D eigenvalue weighted by Gasteiger charge is -2.23. The van der Waals surface area contributed by atoms with Crippen molar-refractivity contribution >= 4 is 0 Å². The Morgan fingerprint density at radius 1 is 1.41 bits per heavy atom. The first-order valence-corrected chi connectivity index (χ1v) is 6.12. The first kappa shape index (κ1) is 11.9. The predicted molar refractivity (Wildman–Crippen MR) is 66.4 cm³/mol. The van der Waals surface area contributed by atoms with E-state index in [-0.39, 0.29) is 5.92 Å². The summed E-state index contributed by atoms with van der Waals surface area (Å²) in [5.41, 5.74) is 5.44. The largest absolute Gasteiger partial charge is 0.494 e. The number of rotatable bonds is 4. The average Bonchev–Trinajstić information content (AvgIpc) is 2.73.